The predicted octanol–water partition coefficient (Wildman–Crippen LogP) is -2.45. The van der Waals surface area contributed by atoms with Crippen LogP contribution in [0.15, 0.2) is 17.1 Å². The van der Waals surface area contributed by atoms with Gasteiger partial charge in [-0.1, -0.05) is 0 Å². The van der Waals surface area contributed by atoms with E-state index in [1.807, 2.05) is 0 Å². The second-order valence-corrected chi connectivity index (χ2v) is 6.33. The first-order valence-electron chi connectivity index (χ1n) is 7.68. The van der Waals surface area contributed by atoms with Gasteiger partial charge in [-0.2, -0.15) is 0 Å². The van der Waals surface area contributed by atoms with Crippen molar-refractivity contribution in [1.82, 2.24) is 20.2 Å². The van der Waals surface area contributed by atoms with E-state index in [0.717, 1.165) is 4.90 Å². The number of ether oxygens (including phenoxy) is 1. The molecule has 0 aliphatic carbocycles. The van der Waals surface area contributed by atoms with Crippen molar-refractivity contribution < 1.29 is 24.5 Å². The number of nitrogens with two attached hydrogens (primary N) is 1. The number of H-pyrrole nitrogens is 1. The lowest BCUT2D eigenvalue weighted by atomic mass is 9.87. The summed E-state index contributed by atoms with van der Waals surface area (Å²) < 4.78 is 5.31. The van der Waals surface area contributed by atoms with Crippen LogP contribution >= 0.6 is 0 Å². The summed E-state index contributed by atoms with van der Waals surface area (Å²) in [6.45, 7) is 1.20. The Morgan fingerprint density at radius 3 is 2.72 bits per heavy atom. The fourth-order valence-electron chi connectivity index (χ4n) is 2.96. The molecule has 0 spiro atoms. The zero-order valence-corrected chi connectivity index (χ0v) is 13.4. The molecule has 1 aromatic rings. The van der Waals surface area contributed by atoms with E-state index in [0.29, 0.717) is 0 Å². The lowest BCUT2D eigenvalue weighted by molar-refractivity contribution is -0.176. The normalized spacial score (nSPS) is 36.2. The number of imide groups is 1. The van der Waals surface area contributed by atoms with E-state index in [-0.39, 0.29) is 18.7 Å². The third-order valence-electron chi connectivity index (χ3n) is 4.41. The van der Waals surface area contributed by atoms with E-state index >= 15 is 0 Å². The summed E-state index contributed by atoms with van der Waals surface area (Å²) in [6, 6.07) is -0.305. The molecule has 11 heteroatoms. The van der Waals surface area contributed by atoms with E-state index in [4.69, 9.17) is 10.5 Å². The number of hydrogen-bond acceptors (Lipinski definition) is 8. The maximum Gasteiger partial charge on any atom is 0.345 e. The molecule has 6 N–H and O–H groups in total. The minimum Gasteiger partial charge on any atom is -0.390 e. The average molecular weight is 353 g/mol. The quantitative estimate of drug-likeness (QED) is 0.390. The molecule has 11 nitrogen and oxygen atoms in total. The van der Waals surface area contributed by atoms with Crippen LogP contribution in [0.25, 0.3) is 0 Å². The fourth-order valence-corrected chi connectivity index (χ4v) is 2.96. The highest BCUT2D eigenvalue weighted by Crippen LogP contribution is 2.31. The number of aromatic nitrogens is 2. The fraction of sp³-hybridized carbons (Fsp3) is 0.571. The molecule has 0 saturated carbocycles. The third kappa shape index (κ3) is 3.02. The third-order valence-corrected chi connectivity index (χ3v) is 4.41. The van der Waals surface area contributed by atoms with E-state index in [9.17, 15) is 24.6 Å². The molecule has 0 aromatic carbocycles. The van der Waals surface area contributed by atoms with E-state index in [2.05, 4.69) is 15.3 Å². The monoisotopic (exact) mass is 353 g/mol. The Hall–Kier alpha value is -2.34. The maximum absolute atomic E-state index is 12.8. The van der Waals surface area contributed by atoms with Crippen molar-refractivity contribution in [3.05, 3.63) is 28.4 Å². The molecule has 2 saturated heterocycles. The number of hydrogen-bond donors (Lipinski definition) is 5. The number of nitrogens with one attached hydrogen (secondary N) is 2. The number of carbonyl (C=O) groups excluding carboxylic acids is 2. The van der Waals surface area contributed by atoms with Crippen molar-refractivity contribution in [1.29, 1.82) is 0 Å². The van der Waals surface area contributed by atoms with Gasteiger partial charge < -0.3 is 31.0 Å². The van der Waals surface area contributed by atoms with Gasteiger partial charge in [-0.25, -0.2) is 19.5 Å². The molecule has 136 valence electrons. The van der Waals surface area contributed by atoms with Gasteiger partial charge in [0, 0.05) is 18.3 Å². The molecular formula is C14H19N5O6. The smallest absolute Gasteiger partial charge is 0.345 e. The topological polar surface area (TPSA) is 171 Å². The van der Waals surface area contributed by atoms with Crippen molar-refractivity contribution in [2.75, 3.05) is 6.61 Å². The number of aliphatic hydroxyl groups is 2. The molecular weight excluding hydrogens is 334 g/mol. The summed E-state index contributed by atoms with van der Waals surface area (Å²) >= 11 is 0. The molecule has 1 unspecified atom stereocenters. The second-order valence-electron chi connectivity index (χ2n) is 6.33. The Labute approximate surface area is 141 Å². The van der Waals surface area contributed by atoms with Crippen LogP contribution in [0.4, 0.5) is 4.79 Å². The number of amides is 3. The number of rotatable bonds is 2. The van der Waals surface area contributed by atoms with Crippen molar-refractivity contribution in [3.8, 4) is 0 Å². The average Bonchev–Trinajstić information content (AvgIpc) is 2.54. The van der Waals surface area contributed by atoms with E-state index in [1.54, 1.807) is 0 Å². The molecule has 3 rings (SSSR count). The Bertz CT molecular complexity index is 749. The van der Waals surface area contributed by atoms with Gasteiger partial charge in [0.25, 0.3) is 5.91 Å². The van der Waals surface area contributed by atoms with Gasteiger partial charge in [-0.3, -0.25) is 4.79 Å². The Balaban J connectivity index is 1.89. The Morgan fingerprint density at radius 1 is 1.36 bits per heavy atom. The van der Waals surface area contributed by atoms with Crippen LogP contribution < -0.4 is 16.7 Å². The first-order valence-corrected chi connectivity index (χ1v) is 7.68. The summed E-state index contributed by atoms with van der Waals surface area (Å²) in [7, 11) is 0. The van der Waals surface area contributed by atoms with Crippen LogP contribution in [-0.4, -0.2) is 67.6 Å². The van der Waals surface area contributed by atoms with E-state index in [1.165, 1.54) is 19.2 Å². The molecule has 25 heavy (non-hydrogen) atoms. The number of aliphatic hydroxyl groups excluding tert-OH is 2. The number of carbonyl (C=O) groups is 2. The predicted molar refractivity (Wildman–Crippen MR) is 81.9 cm³/mol. The highest BCUT2D eigenvalue weighted by atomic mass is 16.5. The first-order chi connectivity index (χ1) is 11.7. The maximum atomic E-state index is 12.8. The van der Waals surface area contributed by atoms with Gasteiger partial charge in [0.05, 0.1) is 18.8 Å². The summed E-state index contributed by atoms with van der Waals surface area (Å²) in [5, 5.41) is 21.8. The lowest BCUT2D eigenvalue weighted by Crippen LogP contribution is -2.71. The van der Waals surface area contributed by atoms with Gasteiger partial charge in [0.15, 0.2) is 0 Å². The van der Waals surface area contributed by atoms with Crippen molar-refractivity contribution in [3.63, 3.8) is 0 Å². The van der Waals surface area contributed by atoms with Crippen LogP contribution in [-0.2, 0) is 9.53 Å². The molecule has 2 fully saturated rings. The Kier molecular flexibility index (Phi) is 4.33. The zero-order valence-electron chi connectivity index (χ0n) is 13.4. The summed E-state index contributed by atoms with van der Waals surface area (Å²) in [5.41, 5.74) is 4.18. The van der Waals surface area contributed by atoms with Crippen LogP contribution in [0.2, 0.25) is 0 Å². The van der Waals surface area contributed by atoms with Crippen LogP contribution in [0.3, 0.4) is 0 Å². The molecule has 0 radical (unpaired) electrons. The summed E-state index contributed by atoms with van der Waals surface area (Å²) in [6.07, 6.45) is -2.15. The molecule has 0 bridgehead atoms. The van der Waals surface area contributed by atoms with Gasteiger partial charge in [-0.15, -0.1) is 0 Å². The first kappa shape index (κ1) is 17.5. The van der Waals surface area contributed by atoms with Gasteiger partial charge in [-0.05, 0) is 13.0 Å². The second kappa shape index (κ2) is 6.19. The summed E-state index contributed by atoms with van der Waals surface area (Å²) in [4.78, 5) is 43.4. The number of aromatic amines is 1. The molecule has 2 aliphatic rings. The van der Waals surface area contributed by atoms with Crippen LogP contribution in [0, 0.1) is 0 Å². The van der Waals surface area contributed by atoms with Gasteiger partial charge in [0.2, 0.25) is 0 Å². The molecule has 5 atom stereocenters. The molecule has 1 aromatic heterocycles. The molecule has 2 aliphatic heterocycles. The lowest BCUT2D eigenvalue weighted by Gasteiger charge is -2.46. The van der Waals surface area contributed by atoms with Crippen LogP contribution in [0.5, 0.6) is 0 Å². The van der Waals surface area contributed by atoms with Gasteiger partial charge >= 0.3 is 11.7 Å². The highest BCUT2D eigenvalue weighted by Gasteiger charge is 2.52. The standard InChI is InChI=1S/C14H19N5O6/c1-14(15)10(6-2-3-16-12(23)17-6)18-13(24)19(11(14)22)9-4-7(20)8(21)5-25-9/h2-3,7-10,20-21H,4-5,15H2,1H3,(H,18,24)(H,16,17,23)/t7-,8+,9-,10?,14+/m0/s1. The SMILES string of the molecule is C[C@]1(N)C(=O)N([C@@H]2C[C@H](O)[C@H](O)CO2)C(=O)NC1c1ccnc(=O)[nH]1. The summed E-state index contributed by atoms with van der Waals surface area (Å²) in [5.74, 6) is -0.729. The minimum absolute atomic E-state index is 0.132. The largest absolute Gasteiger partial charge is 0.390 e. The van der Waals surface area contributed by atoms with Crippen molar-refractivity contribution in [2.45, 2.75) is 43.4 Å². The van der Waals surface area contributed by atoms with Gasteiger partial charge in [0.1, 0.15) is 17.9 Å². The van der Waals surface area contributed by atoms with Crippen molar-refractivity contribution >= 4 is 11.9 Å². The highest BCUT2D eigenvalue weighted by molar-refractivity contribution is 6.03. The van der Waals surface area contributed by atoms with Crippen LogP contribution in [0.1, 0.15) is 25.1 Å². The number of nitrogens with zero attached hydrogens (tertiary/aromatic N) is 2. The van der Waals surface area contributed by atoms with Crippen molar-refractivity contribution in [2.24, 2.45) is 5.73 Å². The zero-order chi connectivity index (χ0) is 18.4. The Morgan fingerprint density at radius 2 is 2.08 bits per heavy atom. The minimum atomic E-state index is -1.58. The molecule has 3 heterocycles. The number of urea groups is 1. The molecule has 3 amide bonds. The van der Waals surface area contributed by atoms with E-state index < -0.39 is 47.6 Å².